The highest BCUT2D eigenvalue weighted by atomic mass is 19.4. The molecule has 0 spiro atoms. The van der Waals surface area contributed by atoms with Gasteiger partial charge in [-0.2, -0.15) is 18.4 Å². The van der Waals surface area contributed by atoms with Crippen LogP contribution in [0, 0.1) is 11.3 Å². The molecular formula is C22H20F3N3O3. The fourth-order valence-corrected chi connectivity index (χ4v) is 3.10. The van der Waals surface area contributed by atoms with Gasteiger partial charge in [0.2, 0.25) is 0 Å². The zero-order valence-corrected chi connectivity index (χ0v) is 16.7. The molecular weight excluding hydrogens is 411 g/mol. The number of benzene rings is 2. The summed E-state index contributed by atoms with van der Waals surface area (Å²) in [7, 11) is 1.51. The molecule has 0 atom stereocenters. The number of hydrogen-bond donors (Lipinski definition) is 1. The number of nitrogens with one attached hydrogen (secondary N) is 1. The minimum Gasteiger partial charge on any atom is -0.497 e. The van der Waals surface area contributed by atoms with Crippen molar-refractivity contribution < 1.29 is 27.4 Å². The number of carbonyl (C=O) groups is 1. The SMILES string of the molecule is COc1ccc(/C=C(/C#N)C(=O)Nc2cc(C(F)(F)F)ccc2N2CCOCC2)cc1. The summed E-state index contributed by atoms with van der Waals surface area (Å²) >= 11 is 0. The number of nitrogens with zero attached hydrogens (tertiary/aromatic N) is 2. The van der Waals surface area contributed by atoms with Gasteiger partial charge in [-0.3, -0.25) is 4.79 Å². The van der Waals surface area contributed by atoms with Gasteiger partial charge in [0.15, 0.2) is 0 Å². The Bertz CT molecular complexity index is 1010. The first-order valence-electron chi connectivity index (χ1n) is 9.43. The van der Waals surface area contributed by atoms with Crippen LogP contribution >= 0.6 is 0 Å². The first-order valence-corrected chi connectivity index (χ1v) is 9.43. The van der Waals surface area contributed by atoms with E-state index in [4.69, 9.17) is 9.47 Å². The van der Waals surface area contributed by atoms with E-state index >= 15 is 0 Å². The van der Waals surface area contributed by atoms with Crippen molar-refractivity contribution in [1.82, 2.24) is 0 Å². The molecule has 31 heavy (non-hydrogen) atoms. The van der Waals surface area contributed by atoms with Crippen molar-refractivity contribution in [1.29, 1.82) is 5.26 Å². The van der Waals surface area contributed by atoms with Crippen LogP contribution in [-0.2, 0) is 15.7 Å². The second-order valence-corrected chi connectivity index (χ2v) is 6.73. The van der Waals surface area contributed by atoms with Gasteiger partial charge < -0.3 is 19.7 Å². The van der Waals surface area contributed by atoms with E-state index in [-0.39, 0.29) is 11.3 Å². The van der Waals surface area contributed by atoms with E-state index in [2.05, 4.69) is 5.32 Å². The van der Waals surface area contributed by atoms with Gasteiger partial charge in [-0.05, 0) is 42.0 Å². The number of halogens is 3. The summed E-state index contributed by atoms with van der Waals surface area (Å²) < 4.78 is 50.1. The first kappa shape index (κ1) is 22.2. The molecule has 1 aliphatic heterocycles. The van der Waals surface area contributed by atoms with Crippen LogP contribution in [0.5, 0.6) is 5.75 Å². The highest BCUT2D eigenvalue weighted by Crippen LogP contribution is 2.36. The second-order valence-electron chi connectivity index (χ2n) is 6.73. The summed E-state index contributed by atoms with van der Waals surface area (Å²) in [6.07, 6.45) is -3.21. The highest BCUT2D eigenvalue weighted by Gasteiger charge is 2.32. The summed E-state index contributed by atoms with van der Waals surface area (Å²) in [5.41, 5.74) is -0.137. The summed E-state index contributed by atoms with van der Waals surface area (Å²) in [6.45, 7) is 1.80. The lowest BCUT2D eigenvalue weighted by atomic mass is 10.1. The number of carbonyl (C=O) groups excluding carboxylic acids is 1. The molecule has 0 unspecified atom stereocenters. The molecule has 9 heteroatoms. The van der Waals surface area contributed by atoms with Crippen molar-refractivity contribution in [3.05, 3.63) is 59.2 Å². The van der Waals surface area contributed by atoms with Gasteiger partial charge in [-0.15, -0.1) is 0 Å². The first-order chi connectivity index (χ1) is 14.8. The number of hydrogen-bond acceptors (Lipinski definition) is 5. The van der Waals surface area contributed by atoms with Gasteiger partial charge >= 0.3 is 6.18 Å². The summed E-state index contributed by atoms with van der Waals surface area (Å²) in [5.74, 6) is -0.189. The van der Waals surface area contributed by atoms with Gasteiger partial charge in [0.05, 0.1) is 37.3 Å². The molecule has 1 aliphatic rings. The van der Waals surface area contributed by atoms with Crippen LogP contribution in [0.3, 0.4) is 0 Å². The number of alkyl halides is 3. The molecule has 1 saturated heterocycles. The minimum absolute atomic E-state index is 0.0161. The highest BCUT2D eigenvalue weighted by molar-refractivity contribution is 6.11. The number of anilines is 2. The number of nitriles is 1. The maximum Gasteiger partial charge on any atom is 0.416 e. The van der Waals surface area contributed by atoms with Crippen molar-refractivity contribution in [3.63, 3.8) is 0 Å². The number of rotatable bonds is 5. The molecule has 1 amide bonds. The maximum atomic E-state index is 13.2. The monoisotopic (exact) mass is 431 g/mol. The summed E-state index contributed by atoms with van der Waals surface area (Å²) in [5, 5.41) is 11.9. The van der Waals surface area contributed by atoms with E-state index in [1.54, 1.807) is 30.3 Å². The van der Waals surface area contributed by atoms with E-state index in [1.165, 1.54) is 19.3 Å². The molecule has 1 fully saturated rings. The number of amides is 1. The Morgan fingerprint density at radius 2 is 1.87 bits per heavy atom. The van der Waals surface area contributed by atoms with Crippen LogP contribution in [0.2, 0.25) is 0 Å². The van der Waals surface area contributed by atoms with Gasteiger partial charge in [-0.25, -0.2) is 0 Å². The van der Waals surface area contributed by atoms with Crippen LogP contribution in [-0.4, -0.2) is 39.3 Å². The zero-order valence-electron chi connectivity index (χ0n) is 16.7. The quantitative estimate of drug-likeness (QED) is 0.570. The van der Waals surface area contributed by atoms with Crippen molar-refractivity contribution in [2.75, 3.05) is 43.6 Å². The number of methoxy groups -OCH3 is 1. The number of morpholine rings is 1. The maximum absolute atomic E-state index is 13.2. The Morgan fingerprint density at radius 1 is 1.19 bits per heavy atom. The molecule has 2 aromatic rings. The molecule has 162 valence electrons. The largest absolute Gasteiger partial charge is 0.497 e. The van der Waals surface area contributed by atoms with Crippen LogP contribution in [0.15, 0.2) is 48.0 Å². The van der Waals surface area contributed by atoms with E-state index in [1.807, 2.05) is 4.90 Å². The van der Waals surface area contributed by atoms with Crippen LogP contribution in [0.25, 0.3) is 6.08 Å². The Hall–Kier alpha value is -3.51. The molecule has 0 bridgehead atoms. The lowest BCUT2D eigenvalue weighted by Gasteiger charge is -2.31. The smallest absolute Gasteiger partial charge is 0.416 e. The Labute approximate surface area is 177 Å². The lowest BCUT2D eigenvalue weighted by molar-refractivity contribution is -0.137. The fraction of sp³-hybridized carbons (Fsp3) is 0.273. The molecule has 2 aromatic carbocycles. The third kappa shape index (κ3) is 5.55. The summed E-state index contributed by atoms with van der Waals surface area (Å²) in [4.78, 5) is 14.5. The van der Waals surface area contributed by atoms with E-state index in [0.717, 1.165) is 12.1 Å². The van der Waals surface area contributed by atoms with Crippen molar-refractivity contribution in [3.8, 4) is 11.8 Å². The van der Waals surface area contributed by atoms with Crippen molar-refractivity contribution in [2.24, 2.45) is 0 Å². The molecule has 0 aromatic heterocycles. The molecule has 0 saturated carbocycles. The van der Waals surface area contributed by atoms with Crippen molar-refractivity contribution in [2.45, 2.75) is 6.18 Å². The van der Waals surface area contributed by atoms with Gasteiger partial charge in [0, 0.05) is 13.1 Å². The predicted octanol–water partition coefficient (Wildman–Crippen LogP) is 4.10. The second kappa shape index (κ2) is 9.53. The Balaban J connectivity index is 1.91. The Morgan fingerprint density at radius 3 is 2.45 bits per heavy atom. The van der Waals surface area contributed by atoms with E-state index in [9.17, 15) is 23.2 Å². The number of ether oxygens (including phenoxy) is 2. The molecule has 1 heterocycles. The normalized spacial score (nSPS) is 14.7. The third-order valence-corrected chi connectivity index (χ3v) is 4.72. The van der Waals surface area contributed by atoms with Crippen LogP contribution in [0.1, 0.15) is 11.1 Å². The topological polar surface area (TPSA) is 74.6 Å². The molecule has 0 aliphatic carbocycles. The van der Waals surface area contributed by atoms with Gasteiger partial charge in [0.1, 0.15) is 17.4 Å². The standard InChI is InChI=1S/C22H20F3N3O3/c1-30-18-5-2-15(3-6-18)12-16(14-26)21(29)27-19-13-17(22(23,24)25)4-7-20(19)28-8-10-31-11-9-28/h2-7,12-13H,8-11H2,1H3,(H,27,29)/b16-12-. The fourth-order valence-electron chi connectivity index (χ4n) is 3.10. The van der Waals surface area contributed by atoms with Crippen LogP contribution in [0.4, 0.5) is 24.5 Å². The van der Waals surface area contributed by atoms with Crippen molar-refractivity contribution >= 4 is 23.4 Å². The zero-order chi connectivity index (χ0) is 22.4. The summed E-state index contributed by atoms with van der Waals surface area (Å²) in [6, 6.07) is 11.6. The average Bonchev–Trinajstić information content (AvgIpc) is 2.77. The molecule has 6 nitrogen and oxygen atoms in total. The lowest BCUT2D eigenvalue weighted by Crippen LogP contribution is -2.37. The molecule has 0 radical (unpaired) electrons. The van der Waals surface area contributed by atoms with E-state index < -0.39 is 17.6 Å². The van der Waals surface area contributed by atoms with Crippen LogP contribution < -0.4 is 15.0 Å². The molecule has 3 rings (SSSR count). The Kier molecular flexibility index (Phi) is 6.82. The molecule has 1 N–H and O–H groups in total. The predicted molar refractivity (Wildman–Crippen MR) is 110 cm³/mol. The van der Waals surface area contributed by atoms with E-state index in [0.29, 0.717) is 43.3 Å². The average molecular weight is 431 g/mol. The minimum atomic E-state index is -4.57. The third-order valence-electron chi connectivity index (χ3n) is 4.72. The van der Waals surface area contributed by atoms with Gasteiger partial charge in [-0.1, -0.05) is 12.1 Å². The van der Waals surface area contributed by atoms with Gasteiger partial charge in [0.25, 0.3) is 5.91 Å².